The van der Waals surface area contributed by atoms with E-state index in [2.05, 4.69) is 4.90 Å². The van der Waals surface area contributed by atoms with Crippen molar-refractivity contribution in [2.24, 2.45) is 5.73 Å². The highest BCUT2D eigenvalue weighted by molar-refractivity contribution is 6.42. The molecule has 0 aromatic heterocycles. The zero-order valence-electron chi connectivity index (χ0n) is 11.6. The number of hydrogen-bond acceptors (Lipinski definition) is 3. The van der Waals surface area contributed by atoms with E-state index in [1.807, 2.05) is 36.4 Å². The molecule has 1 aliphatic rings. The van der Waals surface area contributed by atoms with Crippen LogP contribution in [0.1, 0.15) is 17.2 Å². The number of methoxy groups -OCH3 is 1. The molecule has 2 aromatic rings. The first kappa shape index (κ1) is 14.5. The molecule has 2 aromatic carbocycles. The van der Waals surface area contributed by atoms with Crippen molar-refractivity contribution in [1.29, 1.82) is 0 Å². The van der Waals surface area contributed by atoms with Gasteiger partial charge in [0, 0.05) is 18.8 Å². The molecule has 2 N–H and O–H groups in total. The Morgan fingerprint density at radius 2 is 1.90 bits per heavy atom. The summed E-state index contributed by atoms with van der Waals surface area (Å²) in [6.45, 7) is 1.24. The van der Waals surface area contributed by atoms with Gasteiger partial charge in [0.25, 0.3) is 0 Å². The lowest BCUT2D eigenvalue weighted by atomic mass is 10.0. The third kappa shape index (κ3) is 2.46. The van der Waals surface area contributed by atoms with Crippen LogP contribution in [0.4, 0.5) is 5.69 Å². The smallest absolute Gasteiger partial charge is 0.119 e. The van der Waals surface area contributed by atoms with Crippen LogP contribution in [0.3, 0.4) is 0 Å². The van der Waals surface area contributed by atoms with E-state index < -0.39 is 0 Å². The van der Waals surface area contributed by atoms with Crippen molar-refractivity contribution in [3.63, 3.8) is 0 Å². The number of nitrogens with zero attached hydrogens (tertiary/aromatic N) is 1. The minimum Gasteiger partial charge on any atom is -0.497 e. The lowest BCUT2D eigenvalue weighted by molar-refractivity contribution is 0.415. The van der Waals surface area contributed by atoms with E-state index >= 15 is 0 Å². The largest absolute Gasteiger partial charge is 0.497 e. The lowest BCUT2D eigenvalue weighted by Gasteiger charge is -2.26. The number of benzene rings is 2. The molecule has 1 aliphatic heterocycles. The SMILES string of the molecule is COc1ccc(N2Cc3c(ccc(Cl)c3Cl)C2CN)cc1. The molecular weight excluding hydrogens is 307 g/mol. The first-order valence-corrected chi connectivity index (χ1v) is 7.49. The molecule has 0 amide bonds. The Bertz CT molecular complexity index is 658. The Hall–Kier alpha value is -1.42. The van der Waals surface area contributed by atoms with Crippen LogP contribution in [0, 0.1) is 0 Å². The molecule has 21 heavy (non-hydrogen) atoms. The van der Waals surface area contributed by atoms with Crippen LogP contribution in [0.5, 0.6) is 5.75 Å². The van der Waals surface area contributed by atoms with Gasteiger partial charge in [-0.2, -0.15) is 0 Å². The standard InChI is InChI=1S/C16H16Cl2N2O/c1-21-11-4-2-10(3-5-11)20-9-13-12(15(20)8-19)6-7-14(17)16(13)18/h2-7,15H,8-9,19H2,1H3. The summed E-state index contributed by atoms with van der Waals surface area (Å²) < 4.78 is 5.20. The summed E-state index contributed by atoms with van der Waals surface area (Å²) in [6.07, 6.45) is 0. The number of fused-ring (bicyclic) bond motifs is 1. The van der Waals surface area contributed by atoms with Gasteiger partial charge in [-0.1, -0.05) is 29.3 Å². The van der Waals surface area contributed by atoms with Gasteiger partial charge in [0.1, 0.15) is 5.75 Å². The van der Waals surface area contributed by atoms with Gasteiger partial charge in [0.2, 0.25) is 0 Å². The summed E-state index contributed by atoms with van der Waals surface area (Å²) in [4.78, 5) is 2.24. The molecule has 5 heteroatoms. The maximum absolute atomic E-state index is 6.34. The molecule has 3 rings (SSSR count). The highest BCUT2D eigenvalue weighted by atomic mass is 35.5. The van der Waals surface area contributed by atoms with Crippen molar-refractivity contribution < 1.29 is 4.74 Å². The third-order valence-electron chi connectivity index (χ3n) is 3.92. The van der Waals surface area contributed by atoms with Gasteiger partial charge in [-0.25, -0.2) is 0 Å². The van der Waals surface area contributed by atoms with Crippen molar-refractivity contribution in [2.75, 3.05) is 18.6 Å². The minimum absolute atomic E-state index is 0.114. The maximum atomic E-state index is 6.34. The Morgan fingerprint density at radius 3 is 2.52 bits per heavy atom. The van der Waals surface area contributed by atoms with Gasteiger partial charge < -0.3 is 15.4 Å². The van der Waals surface area contributed by atoms with Crippen LogP contribution in [0.2, 0.25) is 10.0 Å². The third-order valence-corrected chi connectivity index (χ3v) is 4.77. The number of nitrogens with two attached hydrogens (primary N) is 1. The predicted octanol–water partition coefficient (Wildman–Crippen LogP) is 4.02. The second-order valence-corrected chi connectivity index (χ2v) is 5.79. The number of ether oxygens (including phenoxy) is 1. The van der Waals surface area contributed by atoms with Gasteiger partial charge >= 0.3 is 0 Å². The molecule has 0 fully saturated rings. The Morgan fingerprint density at radius 1 is 1.19 bits per heavy atom. The van der Waals surface area contributed by atoms with Gasteiger partial charge in [-0.05, 0) is 41.5 Å². The summed E-state index contributed by atoms with van der Waals surface area (Å²) >= 11 is 12.5. The number of hydrogen-bond donors (Lipinski definition) is 1. The average Bonchev–Trinajstić information content (AvgIpc) is 2.90. The highest BCUT2D eigenvalue weighted by Gasteiger charge is 2.31. The van der Waals surface area contributed by atoms with Crippen LogP contribution < -0.4 is 15.4 Å². The minimum atomic E-state index is 0.114. The zero-order chi connectivity index (χ0) is 15.0. The number of rotatable bonds is 3. The van der Waals surface area contributed by atoms with Crippen molar-refractivity contribution in [3.05, 3.63) is 57.6 Å². The molecule has 1 unspecified atom stereocenters. The van der Waals surface area contributed by atoms with E-state index in [-0.39, 0.29) is 6.04 Å². The maximum Gasteiger partial charge on any atom is 0.119 e. The Labute approximate surface area is 134 Å². The van der Waals surface area contributed by atoms with E-state index in [0.717, 1.165) is 22.6 Å². The molecule has 0 bridgehead atoms. The van der Waals surface area contributed by atoms with E-state index in [0.29, 0.717) is 23.1 Å². The first-order chi connectivity index (χ1) is 10.2. The summed E-state index contributed by atoms with van der Waals surface area (Å²) in [6, 6.07) is 11.9. The van der Waals surface area contributed by atoms with Crippen LogP contribution in [0.15, 0.2) is 36.4 Å². The summed E-state index contributed by atoms with van der Waals surface area (Å²) in [5, 5.41) is 1.21. The van der Waals surface area contributed by atoms with Crippen molar-refractivity contribution in [3.8, 4) is 5.75 Å². The second kappa shape index (κ2) is 5.76. The monoisotopic (exact) mass is 322 g/mol. The molecule has 110 valence electrons. The normalized spacial score (nSPS) is 17.0. The van der Waals surface area contributed by atoms with E-state index in [1.54, 1.807) is 7.11 Å². The van der Waals surface area contributed by atoms with Crippen molar-refractivity contribution in [2.45, 2.75) is 12.6 Å². The molecular formula is C16H16Cl2N2O. The molecule has 1 heterocycles. The number of anilines is 1. The quantitative estimate of drug-likeness (QED) is 0.927. The fourth-order valence-electron chi connectivity index (χ4n) is 2.83. The van der Waals surface area contributed by atoms with Crippen molar-refractivity contribution in [1.82, 2.24) is 0 Å². The molecule has 0 saturated heterocycles. The number of halogens is 2. The van der Waals surface area contributed by atoms with Gasteiger partial charge in [0.15, 0.2) is 0 Å². The fourth-order valence-corrected chi connectivity index (χ4v) is 3.24. The average molecular weight is 323 g/mol. The van der Waals surface area contributed by atoms with Crippen molar-refractivity contribution >= 4 is 28.9 Å². The lowest BCUT2D eigenvalue weighted by Crippen LogP contribution is -2.27. The van der Waals surface area contributed by atoms with E-state index in [1.165, 1.54) is 0 Å². The van der Waals surface area contributed by atoms with Gasteiger partial charge in [-0.3, -0.25) is 0 Å². The van der Waals surface area contributed by atoms with Crippen LogP contribution >= 0.6 is 23.2 Å². The molecule has 0 radical (unpaired) electrons. The topological polar surface area (TPSA) is 38.5 Å². The van der Waals surface area contributed by atoms with E-state index in [9.17, 15) is 0 Å². The molecule has 1 atom stereocenters. The molecule has 0 spiro atoms. The highest BCUT2D eigenvalue weighted by Crippen LogP contribution is 2.42. The predicted molar refractivity (Wildman–Crippen MR) is 87.4 cm³/mol. The fraction of sp³-hybridized carbons (Fsp3) is 0.250. The first-order valence-electron chi connectivity index (χ1n) is 6.73. The Balaban J connectivity index is 1.99. The van der Waals surface area contributed by atoms with Crippen LogP contribution in [0.25, 0.3) is 0 Å². The van der Waals surface area contributed by atoms with Gasteiger partial charge in [0.05, 0.1) is 23.2 Å². The second-order valence-electron chi connectivity index (χ2n) is 5.01. The Kier molecular flexibility index (Phi) is 3.98. The molecule has 3 nitrogen and oxygen atoms in total. The summed E-state index contributed by atoms with van der Waals surface area (Å²) in [5.74, 6) is 0.834. The van der Waals surface area contributed by atoms with Crippen LogP contribution in [-0.4, -0.2) is 13.7 Å². The molecule has 0 aliphatic carbocycles. The van der Waals surface area contributed by atoms with E-state index in [4.69, 9.17) is 33.7 Å². The molecule has 0 saturated carbocycles. The summed E-state index contributed by atoms with van der Waals surface area (Å²) in [5.41, 5.74) is 9.29. The summed E-state index contributed by atoms with van der Waals surface area (Å²) in [7, 11) is 1.66. The zero-order valence-corrected chi connectivity index (χ0v) is 13.2. The van der Waals surface area contributed by atoms with Gasteiger partial charge in [-0.15, -0.1) is 0 Å². The van der Waals surface area contributed by atoms with Crippen LogP contribution in [-0.2, 0) is 6.54 Å².